The standard InChI is InChI=1S/C13H20N2O4/c1-8-5-9(2)15-12(11(8)13(16)17)14-6-10(19-4)7-18-3/h5,10H,6-7H2,1-4H3,(H,14,15)(H,16,17). The summed E-state index contributed by atoms with van der Waals surface area (Å²) in [4.78, 5) is 15.5. The Kier molecular flexibility index (Phi) is 5.72. The van der Waals surface area contributed by atoms with Crippen LogP contribution in [0, 0.1) is 13.8 Å². The van der Waals surface area contributed by atoms with Crippen molar-refractivity contribution >= 4 is 11.8 Å². The molecule has 0 aliphatic carbocycles. The van der Waals surface area contributed by atoms with Crippen molar-refractivity contribution in [3.8, 4) is 0 Å². The summed E-state index contributed by atoms with van der Waals surface area (Å²) in [6.45, 7) is 4.44. The van der Waals surface area contributed by atoms with E-state index in [4.69, 9.17) is 9.47 Å². The van der Waals surface area contributed by atoms with E-state index in [0.29, 0.717) is 24.5 Å². The third-order valence-corrected chi connectivity index (χ3v) is 2.74. The molecule has 2 N–H and O–H groups in total. The largest absolute Gasteiger partial charge is 0.478 e. The van der Waals surface area contributed by atoms with E-state index in [1.807, 2.05) is 6.92 Å². The summed E-state index contributed by atoms with van der Waals surface area (Å²) < 4.78 is 10.2. The minimum absolute atomic E-state index is 0.158. The van der Waals surface area contributed by atoms with Gasteiger partial charge in [-0.25, -0.2) is 9.78 Å². The monoisotopic (exact) mass is 268 g/mol. The molecule has 1 unspecified atom stereocenters. The van der Waals surface area contributed by atoms with E-state index in [0.717, 1.165) is 5.69 Å². The van der Waals surface area contributed by atoms with Gasteiger partial charge in [-0.1, -0.05) is 0 Å². The van der Waals surface area contributed by atoms with Gasteiger partial charge in [0.05, 0.1) is 12.7 Å². The summed E-state index contributed by atoms with van der Waals surface area (Å²) in [7, 11) is 3.17. The number of aromatic carboxylic acids is 1. The van der Waals surface area contributed by atoms with Gasteiger partial charge >= 0.3 is 5.97 Å². The predicted molar refractivity (Wildman–Crippen MR) is 71.8 cm³/mol. The molecule has 0 spiro atoms. The number of hydrogen-bond acceptors (Lipinski definition) is 5. The molecule has 6 nitrogen and oxygen atoms in total. The lowest BCUT2D eigenvalue weighted by molar-refractivity contribution is 0.0365. The van der Waals surface area contributed by atoms with Crippen molar-refractivity contribution in [1.82, 2.24) is 4.98 Å². The summed E-state index contributed by atoms with van der Waals surface area (Å²) in [6, 6.07) is 1.75. The summed E-state index contributed by atoms with van der Waals surface area (Å²) >= 11 is 0. The van der Waals surface area contributed by atoms with Gasteiger partial charge in [0, 0.05) is 26.5 Å². The first-order valence-electron chi connectivity index (χ1n) is 5.96. The fraction of sp³-hybridized carbons (Fsp3) is 0.538. The smallest absolute Gasteiger partial charge is 0.339 e. The molecule has 0 radical (unpaired) electrons. The summed E-state index contributed by atoms with van der Waals surface area (Å²) in [5, 5.41) is 12.2. The number of carboxylic acids is 1. The highest BCUT2D eigenvalue weighted by Crippen LogP contribution is 2.18. The second-order valence-electron chi connectivity index (χ2n) is 4.30. The maximum atomic E-state index is 11.3. The van der Waals surface area contributed by atoms with Gasteiger partial charge in [0.15, 0.2) is 0 Å². The van der Waals surface area contributed by atoms with Gasteiger partial charge in [-0.15, -0.1) is 0 Å². The number of ether oxygens (including phenoxy) is 2. The number of carbonyl (C=O) groups is 1. The van der Waals surface area contributed by atoms with Gasteiger partial charge < -0.3 is 19.9 Å². The van der Waals surface area contributed by atoms with Crippen LogP contribution < -0.4 is 5.32 Å². The second-order valence-corrected chi connectivity index (χ2v) is 4.30. The third kappa shape index (κ3) is 4.18. The molecular formula is C13H20N2O4. The Morgan fingerprint density at radius 3 is 2.68 bits per heavy atom. The molecule has 0 saturated carbocycles. The summed E-state index contributed by atoms with van der Waals surface area (Å²) in [5.74, 6) is -0.628. The molecular weight excluding hydrogens is 248 g/mol. The topological polar surface area (TPSA) is 80.7 Å². The number of aromatic nitrogens is 1. The highest BCUT2D eigenvalue weighted by molar-refractivity contribution is 5.94. The van der Waals surface area contributed by atoms with Crippen molar-refractivity contribution in [2.75, 3.05) is 32.7 Å². The zero-order valence-electron chi connectivity index (χ0n) is 11.7. The van der Waals surface area contributed by atoms with Crippen molar-refractivity contribution in [2.45, 2.75) is 20.0 Å². The van der Waals surface area contributed by atoms with E-state index in [9.17, 15) is 9.90 Å². The second kappa shape index (κ2) is 7.06. The Hall–Kier alpha value is -1.66. The minimum atomic E-state index is -0.992. The van der Waals surface area contributed by atoms with Gasteiger partial charge in [-0.3, -0.25) is 0 Å². The molecule has 0 aliphatic rings. The lowest BCUT2D eigenvalue weighted by Gasteiger charge is -2.17. The first-order valence-corrected chi connectivity index (χ1v) is 5.96. The lowest BCUT2D eigenvalue weighted by Crippen LogP contribution is -2.27. The van der Waals surface area contributed by atoms with Crippen LogP contribution in [0.3, 0.4) is 0 Å². The minimum Gasteiger partial charge on any atom is -0.478 e. The molecule has 0 aromatic carbocycles. The Labute approximate surface area is 112 Å². The van der Waals surface area contributed by atoms with Crippen molar-refractivity contribution in [1.29, 1.82) is 0 Å². The summed E-state index contributed by atoms with van der Waals surface area (Å²) in [6.07, 6.45) is -0.158. The number of carboxylic acid groups (broad SMARTS) is 1. The number of nitrogens with one attached hydrogen (secondary N) is 1. The quantitative estimate of drug-likeness (QED) is 0.779. The number of rotatable bonds is 7. The van der Waals surface area contributed by atoms with Crippen LogP contribution in [0.4, 0.5) is 5.82 Å². The SMILES string of the molecule is COCC(CNc1nc(C)cc(C)c1C(=O)O)OC. The van der Waals surface area contributed by atoms with Gasteiger partial charge in [-0.2, -0.15) is 0 Å². The van der Waals surface area contributed by atoms with Gasteiger partial charge in [-0.05, 0) is 25.5 Å². The number of methoxy groups -OCH3 is 2. The zero-order valence-corrected chi connectivity index (χ0v) is 11.7. The molecule has 1 heterocycles. The fourth-order valence-corrected chi connectivity index (χ4v) is 1.84. The zero-order chi connectivity index (χ0) is 14.4. The number of anilines is 1. The average molecular weight is 268 g/mol. The molecule has 6 heteroatoms. The maximum absolute atomic E-state index is 11.3. The molecule has 0 saturated heterocycles. The van der Waals surface area contributed by atoms with Crippen molar-refractivity contribution in [3.63, 3.8) is 0 Å². The highest BCUT2D eigenvalue weighted by Gasteiger charge is 2.16. The fourth-order valence-electron chi connectivity index (χ4n) is 1.84. The van der Waals surface area contributed by atoms with Crippen LogP contribution in [-0.4, -0.2) is 49.5 Å². The van der Waals surface area contributed by atoms with E-state index >= 15 is 0 Å². The molecule has 0 aliphatic heterocycles. The number of pyridine rings is 1. The van der Waals surface area contributed by atoms with Crippen LogP contribution in [0.5, 0.6) is 0 Å². The number of hydrogen-bond donors (Lipinski definition) is 2. The third-order valence-electron chi connectivity index (χ3n) is 2.74. The van der Waals surface area contributed by atoms with Crippen molar-refractivity contribution < 1.29 is 19.4 Å². The molecule has 1 rings (SSSR count). The highest BCUT2D eigenvalue weighted by atomic mass is 16.5. The molecule has 1 atom stereocenters. The van der Waals surface area contributed by atoms with Crippen LogP contribution in [-0.2, 0) is 9.47 Å². The van der Waals surface area contributed by atoms with Crippen LogP contribution >= 0.6 is 0 Å². The molecule has 0 amide bonds. The van der Waals surface area contributed by atoms with E-state index in [1.54, 1.807) is 27.2 Å². The average Bonchev–Trinajstić information content (AvgIpc) is 2.32. The maximum Gasteiger partial charge on any atom is 0.339 e. The molecule has 0 fully saturated rings. The van der Waals surface area contributed by atoms with Crippen LogP contribution in [0.25, 0.3) is 0 Å². The Morgan fingerprint density at radius 1 is 1.47 bits per heavy atom. The molecule has 1 aromatic rings. The first-order chi connectivity index (χ1) is 8.99. The molecule has 0 bridgehead atoms. The normalized spacial score (nSPS) is 12.2. The van der Waals surface area contributed by atoms with Crippen molar-refractivity contribution in [3.05, 3.63) is 22.9 Å². The number of nitrogens with zero attached hydrogens (tertiary/aromatic N) is 1. The lowest BCUT2D eigenvalue weighted by atomic mass is 10.1. The number of aryl methyl sites for hydroxylation is 2. The van der Waals surface area contributed by atoms with Gasteiger partial charge in [0.1, 0.15) is 11.4 Å². The van der Waals surface area contributed by atoms with Crippen LogP contribution in [0.2, 0.25) is 0 Å². The van der Waals surface area contributed by atoms with Crippen LogP contribution in [0.15, 0.2) is 6.07 Å². The molecule has 106 valence electrons. The van der Waals surface area contributed by atoms with E-state index in [2.05, 4.69) is 10.3 Å². The summed E-state index contributed by atoms with van der Waals surface area (Å²) in [5.41, 5.74) is 1.65. The van der Waals surface area contributed by atoms with E-state index in [1.165, 1.54) is 0 Å². The Balaban J connectivity index is 2.90. The van der Waals surface area contributed by atoms with Crippen LogP contribution in [0.1, 0.15) is 21.6 Å². The Morgan fingerprint density at radius 2 is 2.16 bits per heavy atom. The first kappa shape index (κ1) is 15.4. The Bertz CT molecular complexity index is 449. The van der Waals surface area contributed by atoms with E-state index < -0.39 is 5.97 Å². The predicted octanol–water partition coefficient (Wildman–Crippen LogP) is 1.47. The molecule has 1 aromatic heterocycles. The van der Waals surface area contributed by atoms with Gasteiger partial charge in [0.2, 0.25) is 0 Å². The van der Waals surface area contributed by atoms with Gasteiger partial charge in [0.25, 0.3) is 0 Å². The van der Waals surface area contributed by atoms with E-state index in [-0.39, 0.29) is 11.7 Å². The van der Waals surface area contributed by atoms with Crippen molar-refractivity contribution in [2.24, 2.45) is 0 Å². The molecule has 19 heavy (non-hydrogen) atoms.